The number of aliphatic hydroxyl groups excluding tert-OH is 1. The Labute approximate surface area is 192 Å². The third kappa shape index (κ3) is 11.7. The number of amides is 3. The van der Waals surface area contributed by atoms with Gasteiger partial charge in [0.25, 0.3) is 0 Å². The molecule has 0 saturated heterocycles. The summed E-state index contributed by atoms with van der Waals surface area (Å²) in [5.41, 5.74) is 5.40. The van der Waals surface area contributed by atoms with Crippen molar-refractivity contribution >= 4 is 41.6 Å². The van der Waals surface area contributed by atoms with Gasteiger partial charge < -0.3 is 47.2 Å². The molecule has 5 atom stereocenters. The number of carboxylic acids is 4. The maximum Gasteiger partial charge on any atom is 0.326 e. The fraction of sp³-hybridized carbons (Fsp3) is 0.611. The lowest BCUT2D eigenvalue weighted by atomic mass is 10.1. The maximum atomic E-state index is 12.6. The van der Waals surface area contributed by atoms with Crippen molar-refractivity contribution in [2.24, 2.45) is 5.73 Å². The summed E-state index contributed by atoms with van der Waals surface area (Å²) in [5.74, 6) is -9.07. The molecule has 0 spiro atoms. The predicted molar refractivity (Wildman–Crippen MR) is 109 cm³/mol. The van der Waals surface area contributed by atoms with E-state index in [4.69, 9.17) is 26.2 Å². The van der Waals surface area contributed by atoms with Crippen molar-refractivity contribution in [2.45, 2.75) is 69.3 Å². The van der Waals surface area contributed by atoms with E-state index in [1.165, 1.54) is 0 Å². The summed E-state index contributed by atoms with van der Waals surface area (Å²) in [6.07, 6.45) is -4.60. The van der Waals surface area contributed by atoms with Gasteiger partial charge in [-0.15, -0.1) is 0 Å². The van der Waals surface area contributed by atoms with Crippen molar-refractivity contribution in [3.63, 3.8) is 0 Å². The molecule has 16 nitrogen and oxygen atoms in total. The average molecular weight is 492 g/mol. The Hall–Kier alpha value is -3.79. The Morgan fingerprint density at radius 1 is 0.706 bits per heavy atom. The van der Waals surface area contributed by atoms with Gasteiger partial charge in [-0.2, -0.15) is 0 Å². The summed E-state index contributed by atoms with van der Waals surface area (Å²) < 4.78 is 0. The quantitative estimate of drug-likeness (QED) is 0.101. The molecule has 0 radical (unpaired) electrons. The molecule has 0 rings (SSSR count). The molecule has 0 aliphatic heterocycles. The number of carbonyl (C=O) groups is 7. The highest BCUT2D eigenvalue weighted by atomic mass is 16.4. The van der Waals surface area contributed by atoms with Gasteiger partial charge in [-0.1, -0.05) is 0 Å². The predicted octanol–water partition coefficient (Wildman–Crippen LogP) is -3.56. The van der Waals surface area contributed by atoms with Crippen molar-refractivity contribution in [2.75, 3.05) is 0 Å². The number of hydrogen-bond donors (Lipinski definition) is 9. The first-order valence-corrected chi connectivity index (χ1v) is 9.88. The highest BCUT2D eigenvalue weighted by Crippen LogP contribution is 2.05. The summed E-state index contributed by atoms with van der Waals surface area (Å²) in [5, 5.41) is 51.4. The molecule has 0 bridgehead atoms. The van der Waals surface area contributed by atoms with E-state index >= 15 is 0 Å². The second kappa shape index (κ2) is 14.4. The van der Waals surface area contributed by atoms with Gasteiger partial charge in [-0.25, -0.2) is 4.79 Å². The molecule has 0 aliphatic carbocycles. The standard InChI is InChI=1S/C18H28N4O12/c1-7(23)14(22-15(30)8(19)6-13(28)29)17(32)20-9(2-4-11(24)25)16(31)21-10(18(33)34)3-5-12(26)27/h7-10,14,23H,2-6,19H2,1H3,(H,20,32)(H,21,31)(H,22,30)(H,24,25)(H,26,27)(H,28,29)(H,33,34). The molecule has 3 amide bonds. The Balaban J connectivity index is 5.52. The monoisotopic (exact) mass is 492 g/mol. The third-order valence-corrected chi connectivity index (χ3v) is 4.34. The molecule has 0 saturated carbocycles. The van der Waals surface area contributed by atoms with Gasteiger partial charge in [0.15, 0.2) is 0 Å². The van der Waals surface area contributed by atoms with Crippen LogP contribution in [0.15, 0.2) is 0 Å². The molecule has 0 fully saturated rings. The van der Waals surface area contributed by atoms with Crippen LogP contribution < -0.4 is 21.7 Å². The lowest BCUT2D eigenvalue weighted by Crippen LogP contribution is -2.60. The molecule has 0 aromatic rings. The fourth-order valence-electron chi connectivity index (χ4n) is 2.54. The Bertz CT molecular complexity index is 800. The number of carboxylic acid groups (broad SMARTS) is 4. The lowest BCUT2D eigenvalue weighted by molar-refractivity contribution is -0.144. The van der Waals surface area contributed by atoms with Crippen LogP contribution in [0.3, 0.4) is 0 Å². The van der Waals surface area contributed by atoms with Gasteiger partial charge in [0.1, 0.15) is 18.1 Å². The van der Waals surface area contributed by atoms with Crippen molar-refractivity contribution in [1.82, 2.24) is 16.0 Å². The fourth-order valence-corrected chi connectivity index (χ4v) is 2.54. The Morgan fingerprint density at radius 2 is 1.18 bits per heavy atom. The summed E-state index contributed by atoms with van der Waals surface area (Å²) in [7, 11) is 0. The number of carbonyl (C=O) groups excluding carboxylic acids is 3. The van der Waals surface area contributed by atoms with E-state index in [0.29, 0.717) is 0 Å². The van der Waals surface area contributed by atoms with Crippen molar-refractivity contribution in [1.29, 1.82) is 0 Å². The average Bonchev–Trinajstić information content (AvgIpc) is 2.70. The molecule has 16 heteroatoms. The highest BCUT2D eigenvalue weighted by molar-refractivity contribution is 5.95. The van der Waals surface area contributed by atoms with Gasteiger partial charge in [-0.3, -0.25) is 28.8 Å². The summed E-state index contributed by atoms with van der Waals surface area (Å²) in [6, 6.07) is -6.59. The molecule has 0 aromatic heterocycles. The zero-order valence-corrected chi connectivity index (χ0v) is 18.1. The first kappa shape index (κ1) is 30.2. The molecule has 10 N–H and O–H groups in total. The number of aliphatic hydroxyl groups is 1. The minimum absolute atomic E-state index is 0.496. The van der Waals surface area contributed by atoms with Crippen LogP contribution in [0, 0.1) is 0 Å². The number of aliphatic carboxylic acids is 4. The van der Waals surface area contributed by atoms with Crippen LogP contribution in [0.4, 0.5) is 0 Å². The molecule has 34 heavy (non-hydrogen) atoms. The van der Waals surface area contributed by atoms with Crippen LogP contribution in [0.5, 0.6) is 0 Å². The third-order valence-electron chi connectivity index (χ3n) is 4.34. The lowest BCUT2D eigenvalue weighted by Gasteiger charge is -2.26. The Morgan fingerprint density at radius 3 is 1.59 bits per heavy atom. The SMILES string of the molecule is CC(O)C(NC(=O)C(N)CC(=O)O)C(=O)NC(CCC(=O)O)C(=O)NC(CCC(=O)O)C(=O)O. The normalized spacial score (nSPS) is 15.0. The van der Waals surface area contributed by atoms with Gasteiger partial charge in [0.2, 0.25) is 17.7 Å². The largest absolute Gasteiger partial charge is 0.481 e. The van der Waals surface area contributed by atoms with E-state index in [-0.39, 0.29) is 0 Å². The van der Waals surface area contributed by atoms with Crippen LogP contribution >= 0.6 is 0 Å². The molecule has 5 unspecified atom stereocenters. The Kier molecular flexibility index (Phi) is 12.8. The summed E-state index contributed by atoms with van der Waals surface area (Å²) in [4.78, 5) is 80.7. The van der Waals surface area contributed by atoms with Crippen LogP contribution in [0.25, 0.3) is 0 Å². The van der Waals surface area contributed by atoms with Crippen LogP contribution in [0.1, 0.15) is 39.0 Å². The van der Waals surface area contributed by atoms with Crippen molar-refractivity contribution < 1.29 is 59.1 Å². The van der Waals surface area contributed by atoms with Gasteiger partial charge in [-0.05, 0) is 19.8 Å². The second-order valence-corrected chi connectivity index (χ2v) is 7.26. The maximum absolute atomic E-state index is 12.6. The van der Waals surface area contributed by atoms with E-state index in [2.05, 4.69) is 5.32 Å². The van der Waals surface area contributed by atoms with E-state index in [1.54, 1.807) is 0 Å². The van der Waals surface area contributed by atoms with Crippen LogP contribution in [-0.2, 0) is 33.6 Å². The topological polar surface area (TPSA) is 283 Å². The smallest absolute Gasteiger partial charge is 0.326 e. The van der Waals surface area contributed by atoms with Crippen molar-refractivity contribution in [3.05, 3.63) is 0 Å². The minimum atomic E-state index is -1.73. The van der Waals surface area contributed by atoms with E-state index in [1.807, 2.05) is 10.6 Å². The van der Waals surface area contributed by atoms with Gasteiger partial charge in [0, 0.05) is 12.8 Å². The number of rotatable bonds is 16. The van der Waals surface area contributed by atoms with Crippen LogP contribution in [-0.4, -0.2) is 97.4 Å². The first-order valence-electron chi connectivity index (χ1n) is 9.88. The number of nitrogens with two attached hydrogens (primary N) is 1. The summed E-state index contributed by atoms with van der Waals surface area (Å²) in [6.45, 7) is 1.09. The van der Waals surface area contributed by atoms with E-state index < -0.39 is 104 Å². The highest BCUT2D eigenvalue weighted by Gasteiger charge is 2.33. The molecule has 0 heterocycles. The number of nitrogens with one attached hydrogen (secondary N) is 3. The zero-order valence-electron chi connectivity index (χ0n) is 18.1. The van der Waals surface area contributed by atoms with Crippen LogP contribution in [0.2, 0.25) is 0 Å². The van der Waals surface area contributed by atoms with Gasteiger partial charge in [0.05, 0.1) is 18.6 Å². The molecule has 0 aliphatic rings. The minimum Gasteiger partial charge on any atom is -0.481 e. The van der Waals surface area contributed by atoms with Crippen molar-refractivity contribution in [3.8, 4) is 0 Å². The molecular formula is C18H28N4O12. The summed E-state index contributed by atoms with van der Waals surface area (Å²) >= 11 is 0. The number of hydrogen-bond acceptors (Lipinski definition) is 9. The molecule has 192 valence electrons. The first-order chi connectivity index (χ1) is 15.6. The molecule has 0 aromatic carbocycles. The van der Waals surface area contributed by atoms with E-state index in [0.717, 1.165) is 6.92 Å². The van der Waals surface area contributed by atoms with E-state index in [9.17, 15) is 38.7 Å². The zero-order chi connectivity index (χ0) is 26.6. The second-order valence-electron chi connectivity index (χ2n) is 7.26. The molecular weight excluding hydrogens is 464 g/mol. The van der Waals surface area contributed by atoms with Gasteiger partial charge >= 0.3 is 23.9 Å².